The fourth-order valence-corrected chi connectivity index (χ4v) is 3.45. The van der Waals surface area contributed by atoms with Crippen molar-refractivity contribution >= 4 is 40.5 Å². The number of hydrogen-bond acceptors (Lipinski definition) is 5. The first-order valence-electron chi connectivity index (χ1n) is 10.7. The standard InChI is InChI=1S/C28H21ClN2O4/c1-2-17-34-23-14-9-20(10-15-23)27(32)31-30-18-25-24-6-4-3-5-19(24)11-16-26(25)35-28(33)21-7-12-22(29)13-8-21/h2-16,18H,1,17H2,(H,31,32)/b30-18-. The minimum Gasteiger partial charge on any atom is -0.490 e. The molecule has 0 atom stereocenters. The predicted molar refractivity (Wildman–Crippen MR) is 138 cm³/mol. The van der Waals surface area contributed by atoms with Gasteiger partial charge < -0.3 is 9.47 Å². The third kappa shape index (κ3) is 5.93. The first kappa shape index (κ1) is 23.7. The zero-order chi connectivity index (χ0) is 24.6. The third-order valence-electron chi connectivity index (χ3n) is 5.06. The molecule has 0 bridgehead atoms. The molecule has 0 aliphatic heterocycles. The lowest BCUT2D eigenvalue weighted by Gasteiger charge is -2.11. The fourth-order valence-electron chi connectivity index (χ4n) is 3.32. The van der Waals surface area contributed by atoms with Crippen molar-refractivity contribution in [1.29, 1.82) is 0 Å². The van der Waals surface area contributed by atoms with Gasteiger partial charge in [0, 0.05) is 16.1 Å². The second kappa shape index (κ2) is 11.1. The molecule has 0 unspecified atom stereocenters. The molecule has 0 aliphatic carbocycles. The summed E-state index contributed by atoms with van der Waals surface area (Å²) in [4.78, 5) is 25.2. The summed E-state index contributed by atoms with van der Waals surface area (Å²) in [5.41, 5.74) is 3.84. The van der Waals surface area contributed by atoms with E-state index in [9.17, 15) is 9.59 Å². The van der Waals surface area contributed by atoms with Crippen molar-refractivity contribution in [1.82, 2.24) is 5.43 Å². The van der Waals surface area contributed by atoms with Gasteiger partial charge in [0.25, 0.3) is 5.91 Å². The van der Waals surface area contributed by atoms with E-state index in [1.165, 1.54) is 6.21 Å². The van der Waals surface area contributed by atoms with Crippen molar-refractivity contribution in [3.8, 4) is 11.5 Å². The summed E-state index contributed by atoms with van der Waals surface area (Å²) in [6.07, 6.45) is 3.11. The number of rotatable bonds is 8. The average Bonchev–Trinajstić information content (AvgIpc) is 2.89. The van der Waals surface area contributed by atoms with E-state index in [1.54, 1.807) is 60.7 Å². The van der Waals surface area contributed by atoms with Crippen molar-refractivity contribution in [2.24, 2.45) is 5.10 Å². The number of halogens is 1. The molecule has 7 heteroatoms. The molecule has 1 N–H and O–H groups in total. The summed E-state index contributed by atoms with van der Waals surface area (Å²) < 4.78 is 11.1. The molecular weight excluding hydrogens is 464 g/mol. The van der Waals surface area contributed by atoms with E-state index >= 15 is 0 Å². The van der Waals surface area contributed by atoms with Crippen LogP contribution in [0, 0.1) is 0 Å². The van der Waals surface area contributed by atoms with Crippen LogP contribution in [0.5, 0.6) is 11.5 Å². The van der Waals surface area contributed by atoms with Crippen molar-refractivity contribution in [3.05, 3.63) is 119 Å². The van der Waals surface area contributed by atoms with Crippen LogP contribution in [0.4, 0.5) is 0 Å². The van der Waals surface area contributed by atoms with Crippen molar-refractivity contribution in [3.63, 3.8) is 0 Å². The van der Waals surface area contributed by atoms with E-state index in [0.29, 0.717) is 39.8 Å². The Morgan fingerprint density at radius 1 is 0.914 bits per heavy atom. The Balaban J connectivity index is 1.55. The monoisotopic (exact) mass is 484 g/mol. The smallest absolute Gasteiger partial charge is 0.343 e. The highest BCUT2D eigenvalue weighted by Crippen LogP contribution is 2.27. The Bertz CT molecular complexity index is 1400. The average molecular weight is 485 g/mol. The first-order valence-corrected chi connectivity index (χ1v) is 11.1. The number of nitrogens with zero attached hydrogens (tertiary/aromatic N) is 1. The zero-order valence-electron chi connectivity index (χ0n) is 18.6. The summed E-state index contributed by atoms with van der Waals surface area (Å²) in [6, 6.07) is 24.2. The Hall–Kier alpha value is -4.42. The summed E-state index contributed by atoms with van der Waals surface area (Å²) >= 11 is 5.91. The molecule has 0 aromatic heterocycles. The topological polar surface area (TPSA) is 77.0 Å². The molecule has 0 heterocycles. The number of fused-ring (bicyclic) bond motifs is 1. The molecule has 4 aromatic rings. The van der Waals surface area contributed by atoms with Crippen LogP contribution in [0.3, 0.4) is 0 Å². The van der Waals surface area contributed by atoms with E-state index < -0.39 is 11.9 Å². The summed E-state index contributed by atoms with van der Waals surface area (Å²) in [7, 11) is 0. The largest absolute Gasteiger partial charge is 0.490 e. The maximum atomic E-state index is 12.7. The molecule has 35 heavy (non-hydrogen) atoms. The van der Waals surface area contributed by atoms with E-state index in [0.717, 1.165) is 10.8 Å². The molecule has 6 nitrogen and oxygen atoms in total. The summed E-state index contributed by atoms with van der Waals surface area (Å²) in [6.45, 7) is 3.98. The van der Waals surface area contributed by atoms with Gasteiger partial charge in [0.15, 0.2) is 0 Å². The highest BCUT2D eigenvalue weighted by molar-refractivity contribution is 6.30. The van der Waals surface area contributed by atoms with E-state index in [4.69, 9.17) is 21.1 Å². The van der Waals surface area contributed by atoms with E-state index in [-0.39, 0.29) is 0 Å². The fraction of sp³-hybridized carbons (Fsp3) is 0.0357. The van der Waals surface area contributed by atoms with Crippen molar-refractivity contribution in [2.75, 3.05) is 6.61 Å². The lowest BCUT2D eigenvalue weighted by Crippen LogP contribution is -2.17. The molecule has 0 fully saturated rings. The molecule has 174 valence electrons. The van der Waals surface area contributed by atoms with Gasteiger partial charge in [-0.3, -0.25) is 4.79 Å². The summed E-state index contributed by atoms with van der Waals surface area (Å²) in [5.74, 6) is 0.0177. The Kier molecular flexibility index (Phi) is 7.55. The molecule has 1 amide bonds. The zero-order valence-corrected chi connectivity index (χ0v) is 19.4. The van der Waals surface area contributed by atoms with Crippen LogP contribution >= 0.6 is 11.6 Å². The van der Waals surface area contributed by atoms with Gasteiger partial charge in [0.1, 0.15) is 18.1 Å². The maximum absolute atomic E-state index is 12.7. The van der Waals surface area contributed by atoms with Crippen LogP contribution in [-0.2, 0) is 0 Å². The molecule has 0 radical (unpaired) electrons. The lowest BCUT2D eigenvalue weighted by molar-refractivity contribution is 0.0734. The highest BCUT2D eigenvalue weighted by atomic mass is 35.5. The molecular formula is C28H21ClN2O4. The number of carbonyl (C=O) groups is 2. The minimum absolute atomic E-state index is 0.311. The second-order valence-electron chi connectivity index (χ2n) is 7.42. The number of amides is 1. The molecule has 4 aromatic carbocycles. The van der Waals surface area contributed by atoms with Gasteiger partial charge in [-0.2, -0.15) is 5.10 Å². The van der Waals surface area contributed by atoms with Gasteiger partial charge in [-0.05, 0) is 65.4 Å². The number of carbonyl (C=O) groups excluding carboxylic acids is 2. The molecule has 4 rings (SSSR count). The number of hydrogen-bond donors (Lipinski definition) is 1. The SMILES string of the molecule is C=CCOc1ccc(C(=O)N/N=C\c2c(OC(=O)c3ccc(Cl)cc3)ccc3ccccc23)cc1. The molecule has 0 aliphatic rings. The number of esters is 1. The Labute approximate surface area is 207 Å². The quantitative estimate of drug-likeness (QED) is 0.109. The van der Waals surface area contributed by atoms with Crippen LogP contribution in [-0.4, -0.2) is 24.7 Å². The van der Waals surface area contributed by atoms with E-state index in [1.807, 2.05) is 30.3 Å². The van der Waals surface area contributed by atoms with Crippen LogP contribution in [0.1, 0.15) is 26.3 Å². The van der Waals surface area contributed by atoms with Crippen molar-refractivity contribution < 1.29 is 19.1 Å². The lowest BCUT2D eigenvalue weighted by atomic mass is 10.0. The summed E-state index contributed by atoms with van der Waals surface area (Å²) in [5, 5.41) is 6.38. The highest BCUT2D eigenvalue weighted by Gasteiger charge is 2.14. The van der Waals surface area contributed by atoms with Gasteiger partial charge in [-0.15, -0.1) is 0 Å². The minimum atomic E-state index is -0.533. The molecule has 0 saturated carbocycles. The van der Waals surface area contributed by atoms with Crippen LogP contribution in [0.15, 0.2) is 103 Å². The van der Waals surface area contributed by atoms with Crippen molar-refractivity contribution in [2.45, 2.75) is 0 Å². The van der Waals surface area contributed by atoms with Crippen LogP contribution < -0.4 is 14.9 Å². The van der Waals surface area contributed by atoms with Gasteiger partial charge in [0.2, 0.25) is 0 Å². The number of benzene rings is 4. The number of nitrogens with one attached hydrogen (secondary N) is 1. The Morgan fingerprint density at radius 3 is 2.37 bits per heavy atom. The van der Waals surface area contributed by atoms with Gasteiger partial charge in [0.05, 0.1) is 11.8 Å². The van der Waals surface area contributed by atoms with Gasteiger partial charge in [-0.25, -0.2) is 10.2 Å². The second-order valence-corrected chi connectivity index (χ2v) is 7.85. The van der Waals surface area contributed by atoms with Gasteiger partial charge >= 0.3 is 5.97 Å². The predicted octanol–water partition coefficient (Wildman–Crippen LogP) is 6.04. The number of ether oxygens (including phenoxy) is 2. The molecule has 0 saturated heterocycles. The van der Waals surface area contributed by atoms with Gasteiger partial charge in [-0.1, -0.05) is 54.6 Å². The van der Waals surface area contributed by atoms with Crippen LogP contribution in [0.25, 0.3) is 10.8 Å². The maximum Gasteiger partial charge on any atom is 0.343 e. The first-order chi connectivity index (χ1) is 17.0. The van der Waals surface area contributed by atoms with E-state index in [2.05, 4.69) is 17.1 Å². The third-order valence-corrected chi connectivity index (χ3v) is 5.31. The normalized spacial score (nSPS) is 10.8. The Morgan fingerprint density at radius 2 is 1.63 bits per heavy atom. The van der Waals surface area contributed by atoms with Crippen LogP contribution in [0.2, 0.25) is 5.02 Å². The molecule has 0 spiro atoms. The number of hydrazone groups is 1.